The number of hydrogen-bond donors (Lipinski definition) is 2. The molecule has 0 atom stereocenters. The van der Waals surface area contributed by atoms with Crippen LogP contribution in [0, 0.1) is 17.8 Å². The van der Waals surface area contributed by atoms with E-state index >= 15 is 0 Å². The summed E-state index contributed by atoms with van der Waals surface area (Å²) in [4.78, 5) is 16.4. The lowest BCUT2D eigenvalue weighted by molar-refractivity contribution is 0.309. The second-order valence-electron chi connectivity index (χ2n) is 7.42. The molecule has 0 radical (unpaired) electrons. The number of hydrogen-bond acceptors (Lipinski definition) is 4. The van der Waals surface area contributed by atoms with Gasteiger partial charge < -0.3 is 5.73 Å². The van der Waals surface area contributed by atoms with Gasteiger partial charge in [0.2, 0.25) is 0 Å². The Hall–Kier alpha value is -1.75. The molecule has 2 fully saturated rings. The van der Waals surface area contributed by atoms with E-state index in [0.29, 0.717) is 17.8 Å². The molecular weight excluding hydrogens is 360 g/mol. The molecule has 0 unspecified atom stereocenters. The molecule has 0 spiro atoms. The minimum Gasteiger partial charge on any atom is -0.330 e. The minimum absolute atomic E-state index is 0.178. The molecule has 2 aliphatic rings. The molecule has 0 aliphatic heterocycles. The Labute approximate surface area is 177 Å². The second kappa shape index (κ2) is 14.3. The Kier molecular flexibility index (Phi) is 12.4. The fraction of sp³-hybridized carbons (Fsp3) is 0.708. The molecule has 29 heavy (non-hydrogen) atoms. The van der Waals surface area contributed by atoms with Gasteiger partial charge in [0.1, 0.15) is 5.69 Å². The zero-order valence-electron chi connectivity index (χ0n) is 19.2. The van der Waals surface area contributed by atoms with Crippen LogP contribution in [-0.4, -0.2) is 22.5 Å². The molecule has 0 aromatic carbocycles. The van der Waals surface area contributed by atoms with Crippen LogP contribution in [0.2, 0.25) is 0 Å². The Balaban J connectivity index is 0.000000989. The van der Waals surface area contributed by atoms with E-state index in [-0.39, 0.29) is 5.56 Å². The quantitative estimate of drug-likeness (QED) is 0.609. The number of H-pyrrole nitrogens is 1. The van der Waals surface area contributed by atoms with Crippen LogP contribution in [0.25, 0.3) is 5.70 Å². The van der Waals surface area contributed by atoms with Crippen LogP contribution >= 0.6 is 0 Å². The summed E-state index contributed by atoms with van der Waals surface area (Å²) in [5.41, 5.74) is 8.71. The van der Waals surface area contributed by atoms with E-state index in [4.69, 9.17) is 10.7 Å². The summed E-state index contributed by atoms with van der Waals surface area (Å²) >= 11 is 0. The zero-order chi connectivity index (χ0) is 21.6. The molecule has 0 amide bonds. The van der Waals surface area contributed by atoms with Crippen molar-refractivity contribution in [2.45, 2.75) is 86.0 Å². The third-order valence-electron chi connectivity index (χ3n) is 5.71. The molecular formula is C24H42N4O. The predicted octanol–water partition coefficient (Wildman–Crippen LogP) is 5.58. The molecule has 0 bridgehead atoms. The van der Waals surface area contributed by atoms with Gasteiger partial charge in [0.15, 0.2) is 0 Å². The Morgan fingerprint density at radius 2 is 1.72 bits per heavy atom. The molecule has 3 rings (SSSR count). The minimum atomic E-state index is -0.178. The van der Waals surface area contributed by atoms with Crippen molar-refractivity contribution < 1.29 is 0 Å². The highest BCUT2D eigenvalue weighted by Gasteiger charge is 2.32. The van der Waals surface area contributed by atoms with E-state index in [1.165, 1.54) is 56.7 Å². The standard InChI is InChI=1S/C20H30N4O.2C2H6/c1-2-4-17(18-11-12-19(25)24-23-18)22-20(15-5-3-6-15)16-9-7-14(13-21)8-10-16;2*1-2/h4,11-12,14-16H,2-3,5-10,13,21H2,1H3,(H,24,25);2*1-2H3/b17-4-,22-20?;;. The van der Waals surface area contributed by atoms with Crippen LogP contribution in [-0.2, 0) is 0 Å². The van der Waals surface area contributed by atoms with Gasteiger partial charge in [0.05, 0.1) is 5.70 Å². The van der Waals surface area contributed by atoms with Gasteiger partial charge in [0.25, 0.3) is 5.56 Å². The van der Waals surface area contributed by atoms with Crippen molar-refractivity contribution in [2.75, 3.05) is 6.54 Å². The summed E-state index contributed by atoms with van der Waals surface area (Å²) in [6.45, 7) is 10.9. The highest BCUT2D eigenvalue weighted by molar-refractivity contribution is 5.93. The predicted molar refractivity (Wildman–Crippen MR) is 125 cm³/mol. The molecule has 5 nitrogen and oxygen atoms in total. The van der Waals surface area contributed by atoms with E-state index in [2.05, 4.69) is 23.2 Å². The Bertz CT molecular complexity index is 660. The molecule has 0 saturated heterocycles. The number of allylic oxidation sites excluding steroid dienone is 1. The maximum absolute atomic E-state index is 11.3. The lowest BCUT2D eigenvalue weighted by Crippen LogP contribution is -2.33. The zero-order valence-corrected chi connectivity index (χ0v) is 19.2. The Morgan fingerprint density at radius 3 is 2.17 bits per heavy atom. The largest absolute Gasteiger partial charge is 0.330 e. The summed E-state index contributed by atoms with van der Waals surface area (Å²) in [5, 5.41) is 6.73. The summed E-state index contributed by atoms with van der Waals surface area (Å²) < 4.78 is 0. The molecule has 2 aliphatic carbocycles. The summed E-state index contributed by atoms with van der Waals surface area (Å²) in [6, 6.07) is 3.30. The van der Waals surface area contributed by atoms with Crippen LogP contribution in [0.1, 0.15) is 91.7 Å². The number of rotatable bonds is 6. The first kappa shape index (κ1) is 25.3. The molecule has 1 heterocycles. The number of aromatic nitrogens is 2. The summed E-state index contributed by atoms with van der Waals surface area (Å²) in [5.74, 6) is 1.89. The van der Waals surface area contributed by atoms with Gasteiger partial charge in [-0.2, -0.15) is 5.10 Å². The fourth-order valence-corrected chi connectivity index (χ4v) is 3.94. The van der Waals surface area contributed by atoms with Gasteiger partial charge in [-0.05, 0) is 75.3 Å². The topological polar surface area (TPSA) is 84.1 Å². The number of aliphatic imine (C=N–C) groups is 1. The van der Waals surface area contributed by atoms with Crippen molar-refractivity contribution in [3.05, 3.63) is 34.3 Å². The number of nitrogens with zero attached hydrogens (tertiary/aromatic N) is 2. The third kappa shape index (κ3) is 7.54. The fourth-order valence-electron chi connectivity index (χ4n) is 3.94. The number of aromatic amines is 1. The van der Waals surface area contributed by atoms with Crippen molar-refractivity contribution >= 4 is 11.4 Å². The van der Waals surface area contributed by atoms with Gasteiger partial charge in [0, 0.05) is 11.8 Å². The van der Waals surface area contributed by atoms with Crippen molar-refractivity contribution in [1.29, 1.82) is 0 Å². The Morgan fingerprint density at radius 1 is 1.10 bits per heavy atom. The molecule has 1 aromatic rings. The monoisotopic (exact) mass is 402 g/mol. The van der Waals surface area contributed by atoms with E-state index < -0.39 is 0 Å². The van der Waals surface area contributed by atoms with Gasteiger partial charge >= 0.3 is 0 Å². The van der Waals surface area contributed by atoms with E-state index in [1.807, 2.05) is 27.7 Å². The highest BCUT2D eigenvalue weighted by atomic mass is 16.1. The smallest absolute Gasteiger partial charge is 0.264 e. The van der Waals surface area contributed by atoms with Crippen molar-refractivity contribution in [3.8, 4) is 0 Å². The average Bonchev–Trinajstić information content (AvgIpc) is 2.75. The van der Waals surface area contributed by atoms with Gasteiger partial charge in [-0.3, -0.25) is 9.79 Å². The molecule has 2 saturated carbocycles. The highest BCUT2D eigenvalue weighted by Crippen LogP contribution is 2.38. The molecule has 3 N–H and O–H groups in total. The van der Waals surface area contributed by atoms with Gasteiger partial charge in [-0.15, -0.1) is 0 Å². The average molecular weight is 403 g/mol. The van der Waals surface area contributed by atoms with E-state index in [0.717, 1.165) is 24.4 Å². The first-order chi connectivity index (χ1) is 14.2. The van der Waals surface area contributed by atoms with E-state index in [9.17, 15) is 4.79 Å². The van der Waals surface area contributed by atoms with Crippen LogP contribution in [0.15, 0.2) is 28.0 Å². The van der Waals surface area contributed by atoms with Crippen molar-refractivity contribution in [1.82, 2.24) is 10.2 Å². The maximum atomic E-state index is 11.3. The van der Waals surface area contributed by atoms with Gasteiger partial charge in [-0.1, -0.05) is 47.1 Å². The first-order valence-corrected chi connectivity index (χ1v) is 11.8. The number of nitrogens with two attached hydrogens (primary N) is 1. The molecule has 1 aromatic heterocycles. The normalized spacial score (nSPS) is 22.6. The third-order valence-corrected chi connectivity index (χ3v) is 5.71. The summed E-state index contributed by atoms with van der Waals surface area (Å²) in [7, 11) is 0. The van der Waals surface area contributed by atoms with Crippen LogP contribution < -0.4 is 11.3 Å². The summed E-state index contributed by atoms with van der Waals surface area (Å²) in [6.07, 6.45) is 11.7. The van der Waals surface area contributed by atoms with Crippen molar-refractivity contribution in [2.24, 2.45) is 28.5 Å². The SMILES string of the molecule is CC.CC.CC/C=C(\N=C(C1CCC1)C1CCC(CN)CC1)c1ccc(=O)[nH]n1. The van der Waals surface area contributed by atoms with Gasteiger partial charge in [-0.25, -0.2) is 5.10 Å². The van der Waals surface area contributed by atoms with E-state index in [1.54, 1.807) is 6.07 Å². The lowest BCUT2D eigenvalue weighted by Gasteiger charge is -2.35. The van der Waals surface area contributed by atoms with Crippen LogP contribution in [0.3, 0.4) is 0 Å². The number of nitrogens with one attached hydrogen (secondary N) is 1. The van der Waals surface area contributed by atoms with Crippen LogP contribution in [0.4, 0.5) is 0 Å². The van der Waals surface area contributed by atoms with Crippen LogP contribution in [0.5, 0.6) is 0 Å². The lowest BCUT2D eigenvalue weighted by atomic mass is 9.71. The second-order valence-corrected chi connectivity index (χ2v) is 7.42. The molecule has 164 valence electrons. The van der Waals surface area contributed by atoms with Crippen molar-refractivity contribution in [3.63, 3.8) is 0 Å². The first-order valence-electron chi connectivity index (χ1n) is 11.8. The maximum Gasteiger partial charge on any atom is 0.264 e. The molecule has 5 heteroatoms.